The SMILES string of the molecule is N#CC1=C(N)Oc2c(sc3ccccc23)[C@@H]1c1ccccc1OC(=O)c1ccccc1Cl. The van der Waals surface area contributed by atoms with E-state index in [1.54, 1.807) is 36.4 Å². The van der Waals surface area contributed by atoms with Crippen LogP contribution in [0.1, 0.15) is 26.7 Å². The van der Waals surface area contributed by atoms with E-state index in [9.17, 15) is 10.1 Å². The Bertz CT molecular complexity index is 1450. The largest absolute Gasteiger partial charge is 0.439 e. The molecule has 0 aliphatic carbocycles. The van der Waals surface area contributed by atoms with Crippen molar-refractivity contribution in [1.82, 2.24) is 0 Å². The highest BCUT2D eigenvalue weighted by Crippen LogP contribution is 2.51. The predicted molar refractivity (Wildman–Crippen MR) is 124 cm³/mol. The molecular weight excluding hydrogens is 444 g/mol. The van der Waals surface area contributed by atoms with Crippen LogP contribution in [0.5, 0.6) is 11.5 Å². The predicted octanol–water partition coefficient (Wildman–Crippen LogP) is 5.99. The maximum absolute atomic E-state index is 12.8. The zero-order chi connectivity index (χ0) is 22.2. The number of rotatable bonds is 3. The number of nitriles is 1. The molecular formula is C25H15ClN2O3S. The standard InChI is InChI=1S/C25H15ClN2O3S/c26-18-10-4-1-7-14(18)25(29)30-19-11-5-2-8-15(19)21-17(13-27)24(28)31-22-16-9-3-6-12-20(16)32-23(21)22/h1-12,21H,28H2/t21-/m1/s1. The average Bonchev–Trinajstić information content (AvgIpc) is 3.17. The third-order valence-corrected chi connectivity index (χ3v) is 6.80. The van der Waals surface area contributed by atoms with Crippen molar-refractivity contribution in [3.8, 4) is 17.6 Å². The highest BCUT2D eigenvalue weighted by atomic mass is 35.5. The fourth-order valence-corrected chi connectivity index (χ4v) is 5.26. The Balaban J connectivity index is 1.65. The van der Waals surface area contributed by atoms with Gasteiger partial charge in [0.1, 0.15) is 17.4 Å². The maximum atomic E-state index is 12.8. The van der Waals surface area contributed by atoms with Crippen molar-refractivity contribution >= 4 is 39.0 Å². The molecule has 2 N–H and O–H groups in total. The van der Waals surface area contributed by atoms with Crippen molar-refractivity contribution in [1.29, 1.82) is 5.26 Å². The topological polar surface area (TPSA) is 85.3 Å². The number of allylic oxidation sites excluding steroid dienone is 1. The molecule has 0 fully saturated rings. The van der Waals surface area contributed by atoms with E-state index in [0.29, 0.717) is 22.1 Å². The number of para-hydroxylation sites is 1. The first kappa shape index (κ1) is 20.1. The second-order valence-electron chi connectivity index (χ2n) is 7.12. The number of nitrogens with zero attached hydrogens (tertiary/aromatic N) is 1. The van der Waals surface area contributed by atoms with E-state index in [4.69, 9.17) is 26.8 Å². The van der Waals surface area contributed by atoms with Gasteiger partial charge in [0.05, 0.1) is 21.4 Å². The molecule has 2 heterocycles. The van der Waals surface area contributed by atoms with Crippen LogP contribution < -0.4 is 15.2 Å². The molecule has 32 heavy (non-hydrogen) atoms. The first-order valence-electron chi connectivity index (χ1n) is 9.73. The van der Waals surface area contributed by atoms with Crippen molar-refractivity contribution in [2.75, 3.05) is 0 Å². The minimum Gasteiger partial charge on any atom is -0.439 e. The molecule has 4 aromatic rings. The summed E-state index contributed by atoms with van der Waals surface area (Å²) in [7, 11) is 0. The van der Waals surface area contributed by atoms with Crippen LogP contribution in [-0.2, 0) is 0 Å². The Morgan fingerprint density at radius 3 is 2.59 bits per heavy atom. The molecule has 5 rings (SSSR count). The Labute approximate surface area is 192 Å². The van der Waals surface area contributed by atoms with E-state index in [-0.39, 0.29) is 17.0 Å². The first-order chi connectivity index (χ1) is 15.6. The number of ether oxygens (including phenoxy) is 2. The number of esters is 1. The highest BCUT2D eigenvalue weighted by Gasteiger charge is 2.35. The van der Waals surface area contributed by atoms with Crippen LogP contribution in [0.2, 0.25) is 5.02 Å². The monoisotopic (exact) mass is 458 g/mol. The summed E-state index contributed by atoms with van der Waals surface area (Å²) in [6.07, 6.45) is 0. The number of hydrogen-bond acceptors (Lipinski definition) is 6. The number of carbonyl (C=O) groups is 1. The van der Waals surface area contributed by atoms with Gasteiger partial charge in [0.25, 0.3) is 0 Å². The van der Waals surface area contributed by atoms with Crippen molar-refractivity contribution in [2.24, 2.45) is 5.73 Å². The molecule has 1 atom stereocenters. The molecule has 1 aromatic heterocycles. The third-order valence-electron chi connectivity index (χ3n) is 5.25. The summed E-state index contributed by atoms with van der Waals surface area (Å²) < 4.78 is 12.6. The van der Waals surface area contributed by atoms with Crippen LogP contribution >= 0.6 is 22.9 Å². The lowest BCUT2D eigenvalue weighted by atomic mass is 9.87. The van der Waals surface area contributed by atoms with E-state index in [0.717, 1.165) is 15.0 Å². The maximum Gasteiger partial charge on any atom is 0.345 e. The molecule has 0 bridgehead atoms. The summed E-state index contributed by atoms with van der Waals surface area (Å²) >= 11 is 7.69. The zero-order valence-electron chi connectivity index (χ0n) is 16.5. The van der Waals surface area contributed by atoms with Crippen LogP contribution in [0.3, 0.4) is 0 Å². The van der Waals surface area contributed by atoms with Gasteiger partial charge < -0.3 is 15.2 Å². The van der Waals surface area contributed by atoms with Crippen LogP contribution in [0, 0.1) is 11.3 Å². The lowest BCUT2D eigenvalue weighted by molar-refractivity contribution is 0.0733. The second kappa shape index (κ2) is 8.04. The smallest absolute Gasteiger partial charge is 0.345 e. The van der Waals surface area contributed by atoms with Crippen molar-refractivity contribution in [2.45, 2.75) is 5.92 Å². The van der Waals surface area contributed by atoms with E-state index < -0.39 is 11.9 Å². The van der Waals surface area contributed by atoms with Crippen LogP contribution in [0.15, 0.2) is 84.3 Å². The van der Waals surface area contributed by atoms with Gasteiger partial charge in [0, 0.05) is 15.6 Å². The molecule has 0 radical (unpaired) electrons. The number of thiophene rings is 1. The van der Waals surface area contributed by atoms with Gasteiger partial charge >= 0.3 is 5.97 Å². The van der Waals surface area contributed by atoms with Crippen LogP contribution in [0.4, 0.5) is 0 Å². The average molecular weight is 459 g/mol. The van der Waals surface area contributed by atoms with Crippen molar-refractivity contribution in [3.63, 3.8) is 0 Å². The van der Waals surface area contributed by atoms with Gasteiger partial charge in [-0.3, -0.25) is 0 Å². The van der Waals surface area contributed by atoms with Gasteiger partial charge in [0.15, 0.2) is 5.75 Å². The number of carbonyl (C=O) groups excluding carboxylic acids is 1. The van der Waals surface area contributed by atoms with Crippen LogP contribution in [0.25, 0.3) is 10.1 Å². The molecule has 1 aliphatic rings. The third kappa shape index (κ3) is 3.28. The van der Waals surface area contributed by atoms with Gasteiger partial charge in [-0.1, -0.05) is 54.1 Å². The summed E-state index contributed by atoms with van der Waals surface area (Å²) in [5, 5.41) is 11.1. The number of hydrogen-bond donors (Lipinski definition) is 1. The normalized spacial score (nSPS) is 15.1. The van der Waals surface area contributed by atoms with E-state index in [1.165, 1.54) is 11.3 Å². The molecule has 0 saturated carbocycles. The highest BCUT2D eigenvalue weighted by molar-refractivity contribution is 7.19. The fraction of sp³-hybridized carbons (Fsp3) is 0.0400. The summed E-state index contributed by atoms with van der Waals surface area (Å²) in [5.74, 6) is -0.119. The summed E-state index contributed by atoms with van der Waals surface area (Å²) in [5.41, 5.74) is 7.33. The number of halogens is 1. The Morgan fingerprint density at radius 2 is 1.78 bits per heavy atom. The Hall–Kier alpha value is -3.79. The lowest BCUT2D eigenvalue weighted by Crippen LogP contribution is -2.20. The molecule has 1 aliphatic heterocycles. The fourth-order valence-electron chi connectivity index (χ4n) is 3.78. The van der Waals surface area contributed by atoms with Gasteiger partial charge in [-0.25, -0.2) is 4.79 Å². The van der Waals surface area contributed by atoms with Gasteiger partial charge in [-0.2, -0.15) is 5.26 Å². The van der Waals surface area contributed by atoms with Crippen LogP contribution in [-0.4, -0.2) is 5.97 Å². The number of nitrogens with two attached hydrogens (primary N) is 1. The van der Waals surface area contributed by atoms with E-state index in [1.807, 2.05) is 36.4 Å². The van der Waals surface area contributed by atoms with Gasteiger partial charge in [0.2, 0.25) is 5.88 Å². The Kier molecular flexibility index (Phi) is 5.06. The Morgan fingerprint density at radius 1 is 1.06 bits per heavy atom. The van der Waals surface area contributed by atoms with Crippen molar-refractivity contribution < 1.29 is 14.3 Å². The summed E-state index contributed by atoms with van der Waals surface area (Å²) in [4.78, 5) is 13.7. The quantitative estimate of drug-likeness (QED) is 0.301. The van der Waals surface area contributed by atoms with Crippen molar-refractivity contribution in [3.05, 3.63) is 105 Å². The first-order valence-corrected chi connectivity index (χ1v) is 10.9. The molecule has 156 valence electrons. The van der Waals surface area contributed by atoms with E-state index >= 15 is 0 Å². The number of benzene rings is 3. The van der Waals surface area contributed by atoms with Gasteiger partial charge in [-0.05, 0) is 30.3 Å². The van der Waals surface area contributed by atoms with Gasteiger partial charge in [-0.15, -0.1) is 11.3 Å². The number of fused-ring (bicyclic) bond motifs is 3. The summed E-state index contributed by atoms with van der Waals surface area (Å²) in [6.45, 7) is 0. The molecule has 7 heteroatoms. The minimum atomic E-state index is -0.581. The molecule has 5 nitrogen and oxygen atoms in total. The lowest BCUT2D eigenvalue weighted by Gasteiger charge is -2.25. The molecule has 0 saturated heterocycles. The minimum absolute atomic E-state index is 0.0424. The molecule has 0 unspecified atom stereocenters. The summed E-state index contributed by atoms with van der Waals surface area (Å²) in [6, 6.07) is 23.8. The molecule has 0 spiro atoms. The second-order valence-corrected chi connectivity index (χ2v) is 8.61. The molecule has 0 amide bonds. The molecule has 3 aromatic carbocycles. The van der Waals surface area contributed by atoms with E-state index in [2.05, 4.69) is 6.07 Å². The zero-order valence-corrected chi connectivity index (χ0v) is 18.1.